The van der Waals surface area contributed by atoms with E-state index in [-0.39, 0.29) is 11.5 Å². The van der Waals surface area contributed by atoms with Crippen molar-refractivity contribution in [2.45, 2.75) is 25.0 Å². The molecule has 0 fully saturated rings. The molecular weight excluding hydrogens is 641 g/mol. The van der Waals surface area contributed by atoms with E-state index >= 15 is 0 Å². The highest BCUT2D eigenvalue weighted by Gasteiger charge is 2.48. The third-order valence-corrected chi connectivity index (χ3v) is 11.5. The van der Waals surface area contributed by atoms with Gasteiger partial charge >= 0.3 is 0 Å². The van der Waals surface area contributed by atoms with E-state index < -0.39 is 11.2 Å². The fraction of sp³-hybridized carbons (Fsp3) is 0.0833. The van der Waals surface area contributed by atoms with Crippen molar-refractivity contribution >= 4 is 53.9 Å². The van der Waals surface area contributed by atoms with Gasteiger partial charge in [-0.2, -0.15) is 0 Å². The van der Waals surface area contributed by atoms with Crippen LogP contribution in [0, 0.1) is 6.92 Å². The molecule has 9 aromatic rings. The molecule has 4 N–H and O–H groups in total. The molecule has 0 saturated heterocycles. The zero-order chi connectivity index (χ0) is 35.5. The summed E-state index contributed by atoms with van der Waals surface area (Å²) in [6, 6.07) is 47.4. The second-order valence-corrected chi connectivity index (χ2v) is 14.5. The van der Waals surface area contributed by atoms with Crippen LogP contribution < -0.4 is 0 Å². The molecule has 9 aromatic carbocycles. The maximum Gasteiger partial charge on any atom is 0.141 e. The molecule has 1 aliphatic rings. The van der Waals surface area contributed by atoms with Gasteiger partial charge in [-0.25, -0.2) is 0 Å². The minimum Gasteiger partial charge on any atom is -0.507 e. The number of hydrogen-bond acceptors (Lipinski definition) is 4. The summed E-state index contributed by atoms with van der Waals surface area (Å²) in [4.78, 5) is 0. The minimum atomic E-state index is -1.54. The smallest absolute Gasteiger partial charge is 0.141 e. The number of phenols is 2. The van der Waals surface area contributed by atoms with Crippen LogP contribution in [0.2, 0.25) is 0 Å². The first kappa shape index (κ1) is 30.6. The van der Waals surface area contributed by atoms with Crippen molar-refractivity contribution in [1.29, 1.82) is 0 Å². The van der Waals surface area contributed by atoms with Crippen molar-refractivity contribution in [3.63, 3.8) is 0 Å². The monoisotopic (exact) mass is 674 g/mol. The first-order chi connectivity index (χ1) is 25.1. The number of benzene rings is 9. The highest BCUT2D eigenvalue weighted by molar-refractivity contribution is 6.19. The molecule has 2 unspecified atom stereocenters. The fourth-order valence-electron chi connectivity index (χ4n) is 8.91. The quantitative estimate of drug-likeness (QED) is 0.138. The summed E-state index contributed by atoms with van der Waals surface area (Å²) in [5, 5.41) is 57.6. The fourth-order valence-corrected chi connectivity index (χ4v) is 8.91. The van der Waals surface area contributed by atoms with Crippen molar-refractivity contribution < 1.29 is 20.4 Å². The van der Waals surface area contributed by atoms with Gasteiger partial charge < -0.3 is 20.4 Å². The first-order valence-electron chi connectivity index (χ1n) is 17.6. The Kier molecular flexibility index (Phi) is 6.27. The Morgan fingerprint density at radius 1 is 0.404 bits per heavy atom. The molecule has 0 aliphatic heterocycles. The van der Waals surface area contributed by atoms with Gasteiger partial charge in [-0.05, 0) is 126 Å². The van der Waals surface area contributed by atoms with Gasteiger partial charge in [0.15, 0.2) is 0 Å². The summed E-state index contributed by atoms with van der Waals surface area (Å²) >= 11 is 0. The lowest BCUT2D eigenvalue weighted by molar-refractivity contribution is 0.0618. The second kappa shape index (κ2) is 10.7. The Bertz CT molecular complexity index is 2990. The molecule has 250 valence electrons. The summed E-state index contributed by atoms with van der Waals surface area (Å²) in [6.45, 7) is 3.88. The molecule has 0 amide bonds. The van der Waals surface area contributed by atoms with E-state index in [0.29, 0.717) is 38.9 Å². The van der Waals surface area contributed by atoms with Crippen molar-refractivity contribution in [3.8, 4) is 22.6 Å². The molecule has 52 heavy (non-hydrogen) atoms. The van der Waals surface area contributed by atoms with Crippen LogP contribution in [-0.2, 0) is 11.2 Å². The highest BCUT2D eigenvalue weighted by atomic mass is 16.3. The van der Waals surface area contributed by atoms with Gasteiger partial charge in [0.25, 0.3) is 0 Å². The Morgan fingerprint density at radius 2 is 0.904 bits per heavy atom. The van der Waals surface area contributed by atoms with Crippen molar-refractivity contribution in [1.82, 2.24) is 0 Å². The zero-order valence-electron chi connectivity index (χ0n) is 28.6. The van der Waals surface area contributed by atoms with Crippen LogP contribution in [-0.4, -0.2) is 20.4 Å². The van der Waals surface area contributed by atoms with Gasteiger partial charge in [0.2, 0.25) is 0 Å². The topological polar surface area (TPSA) is 80.9 Å². The number of fused-ring (bicyclic) bond motifs is 9. The Labute approximate surface area is 300 Å². The van der Waals surface area contributed by atoms with Gasteiger partial charge in [-0.3, -0.25) is 0 Å². The van der Waals surface area contributed by atoms with Gasteiger partial charge in [0.05, 0.1) is 0 Å². The van der Waals surface area contributed by atoms with Gasteiger partial charge in [0, 0.05) is 11.1 Å². The Morgan fingerprint density at radius 3 is 1.54 bits per heavy atom. The SMILES string of the molecule is Cc1ccc2c(ccc3c(-c4c(O)ccc5c4ccc4cc(C6(O)c7ccccc7C(C)(O)c7cc8ccccc8cc76)ccc45)c(O)ccc32)c1. The largest absolute Gasteiger partial charge is 0.507 e. The summed E-state index contributed by atoms with van der Waals surface area (Å²) < 4.78 is 0. The standard InChI is InChI=1S/C48H34O4/c1-27-11-15-33-30(23-27)12-16-37-35(33)19-21-43(49)45(37)46-38-17-13-31-24-32(14-18-34(31)36(38)20-22-44(46)50)48(52)40-10-6-5-9-39(40)47(2,51)41-25-28-7-3-4-8-29(28)26-42(41)48/h3-26,49-52H,1-2H3. The summed E-state index contributed by atoms with van der Waals surface area (Å²) in [5.41, 5.74) is 2.79. The minimum absolute atomic E-state index is 0.0827. The molecule has 0 heterocycles. The van der Waals surface area contributed by atoms with Crippen LogP contribution in [0.3, 0.4) is 0 Å². The Balaban J connectivity index is 1.20. The number of aliphatic hydroxyl groups is 2. The maximum atomic E-state index is 13.1. The summed E-state index contributed by atoms with van der Waals surface area (Å²) in [6.07, 6.45) is 0. The van der Waals surface area contributed by atoms with Gasteiger partial charge in [-0.15, -0.1) is 0 Å². The molecule has 0 saturated carbocycles. The van der Waals surface area contributed by atoms with E-state index in [1.54, 1.807) is 19.1 Å². The van der Waals surface area contributed by atoms with Crippen LogP contribution in [0.4, 0.5) is 0 Å². The van der Waals surface area contributed by atoms with E-state index in [4.69, 9.17) is 0 Å². The number of hydrogen-bond donors (Lipinski definition) is 4. The van der Waals surface area contributed by atoms with Crippen LogP contribution in [0.1, 0.15) is 40.3 Å². The average molecular weight is 675 g/mol. The molecule has 0 spiro atoms. The van der Waals surface area contributed by atoms with Gasteiger partial charge in [-0.1, -0.05) is 121 Å². The highest BCUT2D eigenvalue weighted by Crippen LogP contribution is 2.52. The molecular formula is C48H34O4. The molecule has 4 heteroatoms. The third kappa shape index (κ3) is 4.11. The van der Waals surface area contributed by atoms with Crippen LogP contribution in [0.15, 0.2) is 146 Å². The lowest BCUT2D eigenvalue weighted by Crippen LogP contribution is -2.42. The molecule has 2 atom stereocenters. The van der Waals surface area contributed by atoms with Crippen LogP contribution in [0.5, 0.6) is 11.5 Å². The van der Waals surface area contributed by atoms with Crippen LogP contribution in [0.25, 0.3) is 65.0 Å². The predicted molar refractivity (Wildman–Crippen MR) is 211 cm³/mol. The zero-order valence-corrected chi connectivity index (χ0v) is 28.6. The predicted octanol–water partition coefficient (Wildman–Crippen LogP) is 10.7. The number of aromatic hydroxyl groups is 2. The molecule has 0 aromatic heterocycles. The lowest BCUT2D eigenvalue weighted by Gasteiger charge is -2.43. The Hall–Kier alpha value is -6.20. The molecule has 4 nitrogen and oxygen atoms in total. The third-order valence-electron chi connectivity index (χ3n) is 11.5. The first-order valence-corrected chi connectivity index (χ1v) is 17.6. The molecule has 10 rings (SSSR count). The van der Waals surface area contributed by atoms with Gasteiger partial charge in [0.1, 0.15) is 22.7 Å². The molecule has 0 bridgehead atoms. The number of rotatable bonds is 2. The normalized spacial score (nSPS) is 18.3. The van der Waals surface area contributed by atoms with Crippen molar-refractivity contribution in [2.24, 2.45) is 0 Å². The van der Waals surface area contributed by atoms with E-state index in [1.165, 1.54) is 5.56 Å². The van der Waals surface area contributed by atoms with Crippen molar-refractivity contribution in [2.75, 3.05) is 0 Å². The molecule has 1 aliphatic carbocycles. The molecule has 0 radical (unpaired) electrons. The van der Waals surface area contributed by atoms with Crippen LogP contribution >= 0.6 is 0 Å². The number of aryl methyl sites for hydroxylation is 1. The average Bonchev–Trinajstić information content (AvgIpc) is 3.16. The van der Waals surface area contributed by atoms with E-state index in [0.717, 1.165) is 53.9 Å². The summed E-state index contributed by atoms with van der Waals surface area (Å²) in [5.74, 6) is 0.178. The second-order valence-electron chi connectivity index (χ2n) is 14.5. The van der Waals surface area contributed by atoms with E-state index in [1.807, 2.05) is 109 Å². The van der Waals surface area contributed by atoms with E-state index in [9.17, 15) is 20.4 Å². The summed E-state index contributed by atoms with van der Waals surface area (Å²) in [7, 11) is 0. The van der Waals surface area contributed by atoms with Crippen molar-refractivity contribution in [3.05, 3.63) is 179 Å². The lowest BCUT2D eigenvalue weighted by atomic mass is 9.65. The number of phenolic OH excluding ortho intramolecular Hbond substituents is 2. The van der Waals surface area contributed by atoms with E-state index in [2.05, 4.69) is 31.2 Å². The maximum absolute atomic E-state index is 13.1.